The van der Waals surface area contributed by atoms with E-state index in [2.05, 4.69) is 15.9 Å². The standard InChI is InChI=1S/C13H9BrClFO/c14-12-6-9(8-15)4-5-13(12)17-11-3-1-2-10(16)7-11/h1-7H,8H2. The third-order valence-corrected chi connectivity index (χ3v) is 3.10. The normalized spacial score (nSPS) is 10.3. The number of hydrogen-bond acceptors (Lipinski definition) is 1. The molecule has 0 saturated carbocycles. The molecule has 1 nitrogen and oxygen atoms in total. The quantitative estimate of drug-likeness (QED) is 0.714. The molecular weight excluding hydrogens is 306 g/mol. The van der Waals surface area contributed by atoms with Crippen molar-refractivity contribution in [3.8, 4) is 11.5 Å². The van der Waals surface area contributed by atoms with Crippen molar-refractivity contribution in [2.24, 2.45) is 0 Å². The predicted molar refractivity (Wildman–Crippen MR) is 70.2 cm³/mol. The van der Waals surface area contributed by atoms with Gasteiger partial charge in [0, 0.05) is 11.9 Å². The van der Waals surface area contributed by atoms with Crippen molar-refractivity contribution in [3.05, 3.63) is 58.3 Å². The number of ether oxygens (including phenoxy) is 1. The molecule has 4 heteroatoms. The van der Waals surface area contributed by atoms with E-state index in [1.165, 1.54) is 12.1 Å². The van der Waals surface area contributed by atoms with Gasteiger partial charge in [0.25, 0.3) is 0 Å². The molecule has 88 valence electrons. The minimum atomic E-state index is -0.323. The van der Waals surface area contributed by atoms with Crippen LogP contribution in [0, 0.1) is 5.82 Å². The second-order valence-electron chi connectivity index (χ2n) is 3.46. The van der Waals surface area contributed by atoms with E-state index in [4.69, 9.17) is 16.3 Å². The fourth-order valence-corrected chi connectivity index (χ4v) is 2.04. The van der Waals surface area contributed by atoms with E-state index in [1.54, 1.807) is 18.2 Å². The van der Waals surface area contributed by atoms with Crippen molar-refractivity contribution >= 4 is 27.5 Å². The van der Waals surface area contributed by atoms with Gasteiger partial charge in [-0.1, -0.05) is 12.1 Å². The van der Waals surface area contributed by atoms with Crippen LogP contribution in [-0.4, -0.2) is 0 Å². The Morgan fingerprint density at radius 3 is 2.65 bits per heavy atom. The molecule has 0 amide bonds. The molecule has 0 aliphatic heterocycles. The van der Waals surface area contributed by atoms with Crippen molar-refractivity contribution in [1.82, 2.24) is 0 Å². The second-order valence-corrected chi connectivity index (χ2v) is 4.58. The Labute approximate surface area is 112 Å². The molecule has 0 radical (unpaired) electrons. The van der Waals surface area contributed by atoms with Gasteiger partial charge in [-0.15, -0.1) is 11.6 Å². The Morgan fingerprint density at radius 1 is 1.18 bits per heavy atom. The smallest absolute Gasteiger partial charge is 0.141 e. The van der Waals surface area contributed by atoms with Crippen molar-refractivity contribution < 1.29 is 9.13 Å². The highest BCUT2D eigenvalue weighted by molar-refractivity contribution is 9.10. The van der Waals surface area contributed by atoms with Gasteiger partial charge in [-0.25, -0.2) is 4.39 Å². The summed E-state index contributed by atoms with van der Waals surface area (Å²) >= 11 is 9.11. The molecule has 0 bridgehead atoms. The Bertz CT molecular complexity index is 531. The summed E-state index contributed by atoms with van der Waals surface area (Å²) < 4.78 is 19.3. The molecule has 0 fully saturated rings. The first kappa shape index (κ1) is 12.4. The van der Waals surface area contributed by atoms with E-state index in [9.17, 15) is 4.39 Å². The van der Waals surface area contributed by atoms with Crippen molar-refractivity contribution in [2.45, 2.75) is 5.88 Å². The van der Waals surface area contributed by atoms with Crippen LogP contribution in [0.4, 0.5) is 4.39 Å². The van der Waals surface area contributed by atoms with Gasteiger partial charge in [0.15, 0.2) is 0 Å². The van der Waals surface area contributed by atoms with Crippen LogP contribution >= 0.6 is 27.5 Å². The zero-order valence-electron chi connectivity index (χ0n) is 8.79. The van der Waals surface area contributed by atoms with E-state index < -0.39 is 0 Å². The molecule has 2 aromatic rings. The third kappa shape index (κ3) is 3.20. The van der Waals surface area contributed by atoms with Gasteiger partial charge < -0.3 is 4.74 Å². The maximum atomic E-state index is 13.0. The Balaban J connectivity index is 2.24. The zero-order chi connectivity index (χ0) is 12.3. The van der Waals surface area contributed by atoms with Crippen LogP contribution in [0.1, 0.15) is 5.56 Å². The first-order valence-corrected chi connectivity index (χ1v) is 6.29. The highest BCUT2D eigenvalue weighted by atomic mass is 79.9. The molecule has 17 heavy (non-hydrogen) atoms. The van der Waals surface area contributed by atoms with Crippen molar-refractivity contribution in [3.63, 3.8) is 0 Å². The number of alkyl halides is 1. The van der Waals surface area contributed by atoms with E-state index >= 15 is 0 Å². The highest BCUT2D eigenvalue weighted by Gasteiger charge is 2.04. The minimum absolute atomic E-state index is 0.323. The third-order valence-electron chi connectivity index (χ3n) is 2.17. The first-order valence-electron chi connectivity index (χ1n) is 4.97. The summed E-state index contributed by atoms with van der Waals surface area (Å²) in [7, 11) is 0. The van der Waals surface area contributed by atoms with Gasteiger partial charge in [-0.05, 0) is 45.8 Å². The molecular formula is C13H9BrClFO. The number of benzene rings is 2. The molecule has 0 atom stereocenters. The van der Waals surface area contributed by atoms with Crippen LogP contribution in [0.2, 0.25) is 0 Å². The summed E-state index contributed by atoms with van der Waals surface area (Å²) in [6.45, 7) is 0. The van der Waals surface area contributed by atoms with Gasteiger partial charge in [0.05, 0.1) is 4.47 Å². The summed E-state index contributed by atoms with van der Waals surface area (Å²) in [5.74, 6) is 1.21. The zero-order valence-corrected chi connectivity index (χ0v) is 11.1. The van der Waals surface area contributed by atoms with E-state index in [1.807, 2.05) is 12.1 Å². The van der Waals surface area contributed by atoms with Gasteiger partial charge >= 0.3 is 0 Å². The second kappa shape index (κ2) is 5.52. The predicted octanol–water partition coefficient (Wildman–Crippen LogP) is 5.12. The van der Waals surface area contributed by atoms with Gasteiger partial charge in [-0.2, -0.15) is 0 Å². The summed E-state index contributed by atoms with van der Waals surface area (Å²) in [4.78, 5) is 0. The fraction of sp³-hybridized carbons (Fsp3) is 0.0769. The molecule has 2 rings (SSSR count). The van der Waals surface area contributed by atoms with Crippen LogP contribution in [0.25, 0.3) is 0 Å². The fourth-order valence-electron chi connectivity index (χ4n) is 1.37. The topological polar surface area (TPSA) is 9.23 Å². The summed E-state index contributed by atoms with van der Waals surface area (Å²) in [6.07, 6.45) is 0. The monoisotopic (exact) mass is 314 g/mol. The Kier molecular flexibility index (Phi) is 4.02. The maximum absolute atomic E-state index is 13.0. The van der Waals surface area contributed by atoms with Crippen LogP contribution in [-0.2, 0) is 5.88 Å². The van der Waals surface area contributed by atoms with Crippen LogP contribution in [0.15, 0.2) is 46.9 Å². The molecule has 0 N–H and O–H groups in total. The van der Waals surface area contributed by atoms with Crippen molar-refractivity contribution in [1.29, 1.82) is 0 Å². The lowest BCUT2D eigenvalue weighted by Gasteiger charge is -2.08. The Morgan fingerprint density at radius 2 is 2.00 bits per heavy atom. The molecule has 0 saturated heterocycles. The molecule has 0 spiro atoms. The highest BCUT2D eigenvalue weighted by Crippen LogP contribution is 2.31. The first-order chi connectivity index (χ1) is 8.19. The maximum Gasteiger partial charge on any atom is 0.141 e. The van der Waals surface area contributed by atoms with Crippen LogP contribution in [0.5, 0.6) is 11.5 Å². The van der Waals surface area contributed by atoms with Crippen LogP contribution < -0.4 is 4.74 Å². The number of rotatable bonds is 3. The summed E-state index contributed by atoms with van der Waals surface area (Å²) in [6, 6.07) is 11.6. The van der Waals surface area contributed by atoms with E-state index in [0.29, 0.717) is 17.4 Å². The van der Waals surface area contributed by atoms with Gasteiger partial charge in [-0.3, -0.25) is 0 Å². The molecule has 0 aliphatic carbocycles. The van der Waals surface area contributed by atoms with Crippen molar-refractivity contribution in [2.75, 3.05) is 0 Å². The summed E-state index contributed by atoms with van der Waals surface area (Å²) in [5.41, 5.74) is 0.991. The van der Waals surface area contributed by atoms with E-state index in [-0.39, 0.29) is 5.82 Å². The molecule has 0 aliphatic rings. The van der Waals surface area contributed by atoms with Gasteiger partial charge in [0.2, 0.25) is 0 Å². The number of halogens is 3. The lowest BCUT2D eigenvalue weighted by molar-refractivity contribution is 0.474. The average molecular weight is 316 g/mol. The van der Waals surface area contributed by atoms with Gasteiger partial charge in [0.1, 0.15) is 17.3 Å². The SMILES string of the molecule is Fc1cccc(Oc2ccc(CCl)cc2Br)c1. The number of hydrogen-bond donors (Lipinski definition) is 0. The van der Waals surface area contributed by atoms with E-state index in [0.717, 1.165) is 10.0 Å². The Hall–Kier alpha value is -1.06. The molecule has 0 aromatic heterocycles. The molecule has 2 aromatic carbocycles. The molecule has 0 unspecified atom stereocenters. The largest absolute Gasteiger partial charge is 0.456 e. The lowest BCUT2D eigenvalue weighted by Crippen LogP contribution is -1.87. The van der Waals surface area contributed by atoms with Crippen LogP contribution in [0.3, 0.4) is 0 Å². The lowest BCUT2D eigenvalue weighted by atomic mass is 10.2. The minimum Gasteiger partial charge on any atom is -0.456 e. The summed E-state index contributed by atoms with van der Waals surface area (Å²) in [5, 5.41) is 0. The average Bonchev–Trinajstić information content (AvgIpc) is 2.32. The molecule has 0 heterocycles.